The number of ether oxygens (including phenoxy) is 1. The van der Waals surface area contributed by atoms with Crippen molar-refractivity contribution in [2.24, 2.45) is 0 Å². The van der Waals surface area contributed by atoms with E-state index in [9.17, 15) is 0 Å². The molecule has 0 N–H and O–H groups in total. The number of rotatable bonds is 6. The quantitative estimate of drug-likeness (QED) is 0.653. The first-order valence-corrected chi connectivity index (χ1v) is 5.21. The van der Waals surface area contributed by atoms with Crippen LogP contribution >= 0.6 is 0 Å². The molecule has 0 aliphatic heterocycles. The van der Waals surface area contributed by atoms with Gasteiger partial charge in [0.2, 0.25) is 0 Å². The fourth-order valence-electron chi connectivity index (χ4n) is 1.33. The largest absolute Gasteiger partial charge is 0.467 e. The molecule has 1 aromatic rings. The average molecular weight is 194 g/mol. The van der Waals surface area contributed by atoms with Gasteiger partial charge in [-0.05, 0) is 18.4 Å². The summed E-state index contributed by atoms with van der Waals surface area (Å²) in [6, 6.07) is 0.447. The first-order valence-electron chi connectivity index (χ1n) is 5.21. The molecule has 1 rings (SSSR count). The van der Waals surface area contributed by atoms with E-state index in [0.717, 1.165) is 6.42 Å². The van der Waals surface area contributed by atoms with Crippen molar-refractivity contribution in [3.05, 3.63) is 18.0 Å². The van der Waals surface area contributed by atoms with E-state index < -0.39 is 0 Å². The van der Waals surface area contributed by atoms with E-state index in [0.29, 0.717) is 6.01 Å². The van der Waals surface area contributed by atoms with Gasteiger partial charge in [-0.15, -0.1) is 0 Å². The van der Waals surface area contributed by atoms with Crippen LogP contribution in [0.25, 0.3) is 0 Å². The Hall–Kier alpha value is -1.12. The maximum Gasteiger partial charge on any atom is 0.316 e. The van der Waals surface area contributed by atoms with Gasteiger partial charge in [0.05, 0.1) is 7.11 Å². The minimum absolute atomic E-state index is 0.447. The maximum atomic E-state index is 4.89. The predicted molar refractivity (Wildman–Crippen MR) is 56.4 cm³/mol. The SMILES string of the molecule is CCCCCCc1cnc(OC)nc1. The highest BCUT2D eigenvalue weighted by Crippen LogP contribution is 2.07. The van der Waals surface area contributed by atoms with Gasteiger partial charge in [0.1, 0.15) is 0 Å². The van der Waals surface area contributed by atoms with Gasteiger partial charge in [0.25, 0.3) is 0 Å². The summed E-state index contributed by atoms with van der Waals surface area (Å²) in [7, 11) is 1.58. The highest BCUT2D eigenvalue weighted by molar-refractivity contribution is 5.07. The van der Waals surface area contributed by atoms with Gasteiger partial charge in [0.15, 0.2) is 0 Å². The molecule has 0 aliphatic rings. The van der Waals surface area contributed by atoms with E-state index >= 15 is 0 Å². The molecule has 0 aliphatic carbocycles. The van der Waals surface area contributed by atoms with Crippen LogP contribution in [0.15, 0.2) is 12.4 Å². The van der Waals surface area contributed by atoms with Crippen LogP contribution in [0, 0.1) is 0 Å². The van der Waals surface area contributed by atoms with Crippen molar-refractivity contribution in [3.8, 4) is 6.01 Å². The monoisotopic (exact) mass is 194 g/mol. The van der Waals surface area contributed by atoms with Crippen molar-refractivity contribution in [1.29, 1.82) is 0 Å². The van der Waals surface area contributed by atoms with Crippen LogP contribution in [0.2, 0.25) is 0 Å². The summed E-state index contributed by atoms with van der Waals surface area (Å²) in [5.41, 5.74) is 1.20. The van der Waals surface area contributed by atoms with Gasteiger partial charge in [0, 0.05) is 12.4 Å². The Morgan fingerprint density at radius 1 is 1.14 bits per heavy atom. The lowest BCUT2D eigenvalue weighted by Gasteiger charge is -2.01. The minimum atomic E-state index is 0.447. The third-order valence-corrected chi connectivity index (χ3v) is 2.18. The standard InChI is InChI=1S/C11H18N2O/c1-3-4-5-6-7-10-8-12-11(14-2)13-9-10/h8-9H,3-7H2,1-2H3. The summed E-state index contributed by atoms with van der Waals surface area (Å²) in [6.45, 7) is 2.22. The van der Waals surface area contributed by atoms with Crippen molar-refractivity contribution in [3.63, 3.8) is 0 Å². The Balaban J connectivity index is 2.29. The number of aryl methyl sites for hydroxylation is 1. The molecule has 0 fully saturated rings. The van der Waals surface area contributed by atoms with Crippen LogP contribution in [0.4, 0.5) is 0 Å². The second-order valence-corrected chi connectivity index (χ2v) is 3.39. The van der Waals surface area contributed by atoms with Gasteiger partial charge in [-0.2, -0.15) is 0 Å². The van der Waals surface area contributed by atoms with E-state index in [1.807, 2.05) is 12.4 Å². The first-order chi connectivity index (χ1) is 6.86. The number of hydrogen-bond acceptors (Lipinski definition) is 3. The van der Waals surface area contributed by atoms with E-state index in [1.165, 1.54) is 31.2 Å². The van der Waals surface area contributed by atoms with Crippen molar-refractivity contribution in [2.45, 2.75) is 39.0 Å². The van der Waals surface area contributed by atoms with E-state index in [2.05, 4.69) is 16.9 Å². The Labute approximate surface area is 85.5 Å². The summed E-state index contributed by atoms with van der Waals surface area (Å²) >= 11 is 0. The average Bonchev–Trinajstić information content (AvgIpc) is 2.25. The zero-order chi connectivity index (χ0) is 10.2. The Morgan fingerprint density at radius 2 is 1.86 bits per heavy atom. The number of aromatic nitrogens is 2. The number of hydrogen-bond donors (Lipinski definition) is 0. The third kappa shape index (κ3) is 3.73. The molecule has 0 atom stereocenters. The molecule has 78 valence electrons. The Kier molecular flexibility index (Phi) is 4.97. The lowest BCUT2D eigenvalue weighted by Crippen LogP contribution is -1.94. The topological polar surface area (TPSA) is 35.0 Å². The molecule has 0 amide bonds. The summed E-state index contributed by atoms with van der Waals surface area (Å²) in [5.74, 6) is 0. The molecule has 3 nitrogen and oxygen atoms in total. The predicted octanol–water partition coefficient (Wildman–Crippen LogP) is 2.61. The van der Waals surface area contributed by atoms with Crippen LogP contribution in [0.5, 0.6) is 6.01 Å². The fraction of sp³-hybridized carbons (Fsp3) is 0.636. The maximum absolute atomic E-state index is 4.89. The van der Waals surface area contributed by atoms with Crippen LogP contribution in [-0.4, -0.2) is 17.1 Å². The van der Waals surface area contributed by atoms with Gasteiger partial charge < -0.3 is 4.74 Å². The zero-order valence-corrected chi connectivity index (χ0v) is 8.99. The van der Waals surface area contributed by atoms with Crippen LogP contribution in [0.1, 0.15) is 38.2 Å². The van der Waals surface area contributed by atoms with Crippen molar-refractivity contribution < 1.29 is 4.74 Å². The highest BCUT2D eigenvalue weighted by atomic mass is 16.5. The molecule has 0 radical (unpaired) electrons. The van der Waals surface area contributed by atoms with E-state index in [-0.39, 0.29) is 0 Å². The van der Waals surface area contributed by atoms with Gasteiger partial charge in [-0.25, -0.2) is 9.97 Å². The molecule has 1 heterocycles. The number of nitrogens with zero attached hydrogens (tertiary/aromatic N) is 2. The smallest absolute Gasteiger partial charge is 0.316 e. The molecule has 0 bridgehead atoms. The Bertz CT molecular complexity index is 246. The molecule has 3 heteroatoms. The van der Waals surface area contributed by atoms with Gasteiger partial charge >= 0.3 is 6.01 Å². The Morgan fingerprint density at radius 3 is 2.43 bits per heavy atom. The third-order valence-electron chi connectivity index (χ3n) is 2.18. The first kappa shape index (κ1) is 11.0. The highest BCUT2D eigenvalue weighted by Gasteiger charge is 1.96. The van der Waals surface area contributed by atoms with Crippen molar-refractivity contribution in [2.75, 3.05) is 7.11 Å². The minimum Gasteiger partial charge on any atom is -0.467 e. The molecule has 1 aromatic heterocycles. The van der Waals surface area contributed by atoms with Crippen molar-refractivity contribution >= 4 is 0 Å². The lowest BCUT2D eigenvalue weighted by molar-refractivity contribution is 0.379. The zero-order valence-electron chi connectivity index (χ0n) is 8.99. The molecule has 0 saturated heterocycles. The summed E-state index contributed by atoms with van der Waals surface area (Å²) in [6.07, 6.45) is 9.88. The number of methoxy groups -OCH3 is 1. The van der Waals surface area contributed by atoms with Crippen LogP contribution in [0.3, 0.4) is 0 Å². The molecule has 0 saturated carbocycles. The van der Waals surface area contributed by atoms with Gasteiger partial charge in [-0.1, -0.05) is 26.2 Å². The molecular formula is C11H18N2O. The number of unbranched alkanes of at least 4 members (excludes halogenated alkanes) is 3. The second-order valence-electron chi connectivity index (χ2n) is 3.39. The summed E-state index contributed by atoms with van der Waals surface area (Å²) in [4.78, 5) is 8.13. The van der Waals surface area contributed by atoms with E-state index in [4.69, 9.17) is 4.74 Å². The molecule has 14 heavy (non-hydrogen) atoms. The van der Waals surface area contributed by atoms with Crippen LogP contribution in [-0.2, 0) is 6.42 Å². The van der Waals surface area contributed by atoms with Crippen molar-refractivity contribution in [1.82, 2.24) is 9.97 Å². The normalized spacial score (nSPS) is 10.1. The molecule has 0 spiro atoms. The lowest BCUT2D eigenvalue weighted by atomic mass is 10.1. The summed E-state index contributed by atoms with van der Waals surface area (Å²) < 4.78 is 4.89. The van der Waals surface area contributed by atoms with Crippen LogP contribution < -0.4 is 4.74 Å². The van der Waals surface area contributed by atoms with E-state index in [1.54, 1.807) is 7.11 Å². The molecular weight excluding hydrogens is 176 g/mol. The summed E-state index contributed by atoms with van der Waals surface area (Å²) in [5, 5.41) is 0. The fourth-order valence-corrected chi connectivity index (χ4v) is 1.33. The molecule has 0 aromatic carbocycles. The van der Waals surface area contributed by atoms with Gasteiger partial charge in [-0.3, -0.25) is 0 Å². The second kappa shape index (κ2) is 6.35. The molecule has 0 unspecified atom stereocenters.